The van der Waals surface area contributed by atoms with Gasteiger partial charge in [0, 0.05) is 24.7 Å². The van der Waals surface area contributed by atoms with Crippen molar-refractivity contribution in [2.24, 2.45) is 0 Å². The molecule has 1 aromatic rings. The van der Waals surface area contributed by atoms with Crippen LogP contribution in [0.1, 0.15) is 28.8 Å². The van der Waals surface area contributed by atoms with Crippen molar-refractivity contribution in [3.8, 4) is 0 Å². The lowest BCUT2D eigenvalue weighted by molar-refractivity contribution is -0.120. The molecule has 5 nitrogen and oxygen atoms in total. The molecule has 0 saturated heterocycles. The number of carbonyl (C=O) groups is 2. The zero-order chi connectivity index (χ0) is 14.4. The van der Waals surface area contributed by atoms with E-state index in [2.05, 4.69) is 5.32 Å². The van der Waals surface area contributed by atoms with Crippen LogP contribution in [-0.4, -0.2) is 25.5 Å². The molecule has 104 valence electrons. The number of carbonyl (C=O) groups excluding carboxylic acids is 2. The minimum absolute atomic E-state index is 0.0699. The van der Waals surface area contributed by atoms with Gasteiger partial charge in [-0.3, -0.25) is 4.79 Å². The van der Waals surface area contributed by atoms with Gasteiger partial charge in [0.15, 0.2) is 0 Å². The van der Waals surface area contributed by atoms with Crippen LogP contribution in [0.15, 0.2) is 12.1 Å². The molecule has 19 heavy (non-hydrogen) atoms. The Morgan fingerprint density at radius 1 is 1.42 bits per heavy atom. The Morgan fingerprint density at radius 2 is 2.11 bits per heavy atom. The molecule has 1 amide bonds. The van der Waals surface area contributed by atoms with Crippen molar-refractivity contribution >= 4 is 17.6 Å². The summed E-state index contributed by atoms with van der Waals surface area (Å²) in [6.45, 7) is 1.63. The molecule has 0 spiro atoms. The van der Waals surface area contributed by atoms with Gasteiger partial charge in [0.05, 0.1) is 12.2 Å². The number of ether oxygens (including phenoxy) is 1. The standard InChI is InChI=1S/C13H17FN2O3/c1-8-10(14)6-9(7-11(8)15)13(18)19-5-3-4-12(17)16-2/h6-7H,3-5,15H2,1-2H3,(H,16,17). The molecule has 0 saturated carbocycles. The van der Waals surface area contributed by atoms with E-state index in [1.54, 1.807) is 0 Å². The molecule has 0 aliphatic heterocycles. The number of nitrogen functional groups attached to an aromatic ring is 1. The topological polar surface area (TPSA) is 81.4 Å². The second-order valence-electron chi connectivity index (χ2n) is 4.08. The van der Waals surface area contributed by atoms with E-state index in [-0.39, 0.29) is 30.2 Å². The van der Waals surface area contributed by atoms with E-state index in [1.807, 2.05) is 0 Å². The van der Waals surface area contributed by atoms with Gasteiger partial charge in [-0.2, -0.15) is 0 Å². The molecule has 0 unspecified atom stereocenters. The third-order valence-corrected chi connectivity index (χ3v) is 2.68. The van der Waals surface area contributed by atoms with Crippen molar-refractivity contribution in [3.05, 3.63) is 29.1 Å². The Hall–Kier alpha value is -2.11. The molecule has 0 aromatic heterocycles. The van der Waals surface area contributed by atoms with Gasteiger partial charge >= 0.3 is 5.97 Å². The molecule has 0 heterocycles. The molecule has 0 aliphatic carbocycles. The maximum Gasteiger partial charge on any atom is 0.338 e. The molecule has 3 N–H and O–H groups in total. The molecule has 0 bridgehead atoms. The highest BCUT2D eigenvalue weighted by molar-refractivity contribution is 5.90. The van der Waals surface area contributed by atoms with E-state index in [9.17, 15) is 14.0 Å². The van der Waals surface area contributed by atoms with E-state index in [4.69, 9.17) is 10.5 Å². The quantitative estimate of drug-likeness (QED) is 0.480. The van der Waals surface area contributed by atoms with Crippen LogP contribution in [0.3, 0.4) is 0 Å². The lowest BCUT2D eigenvalue weighted by Gasteiger charge is -2.07. The molecule has 0 aliphatic rings. The van der Waals surface area contributed by atoms with Crippen LogP contribution >= 0.6 is 0 Å². The molecule has 1 aromatic carbocycles. The van der Waals surface area contributed by atoms with E-state index < -0.39 is 11.8 Å². The summed E-state index contributed by atoms with van der Waals surface area (Å²) in [6.07, 6.45) is 0.684. The fourth-order valence-corrected chi connectivity index (χ4v) is 1.42. The van der Waals surface area contributed by atoms with Gasteiger partial charge in [0.2, 0.25) is 5.91 Å². The number of hydrogen-bond acceptors (Lipinski definition) is 4. The first-order valence-corrected chi connectivity index (χ1v) is 5.89. The molecule has 0 atom stereocenters. The van der Waals surface area contributed by atoms with Crippen LogP contribution in [0.5, 0.6) is 0 Å². The first-order valence-electron chi connectivity index (χ1n) is 5.89. The maximum atomic E-state index is 13.4. The van der Waals surface area contributed by atoms with Crippen molar-refractivity contribution < 1.29 is 18.7 Å². The van der Waals surface area contributed by atoms with Crippen molar-refractivity contribution in [2.45, 2.75) is 19.8 Å². The Morgan fingerprint density at radius 3 is 2.68 bits per heavy atom. The number of benzene rings is 1. The number of esters is 1. The van der Waals surface area contributed by atoms with Crippen LogP contribution in [0.4, 0.5) is 10.1 Å². The summed E-state index contributed by atoms with van der Waals surface area (Å²) in [6, 6.07) is 2.46. The second kappa shape index (κ2) is 6.72. The van der Waals surface area contributed by atoms with Gasteiger partial charge in [-0.05, 0) is 25.5 Å². The second-order valence-corrected chi connectivity index (χ2v) is 4.08. The summed E-state index contributed by atoms with van der Waals surface area (Å²) in [5.74, 6) is -1.32. The largest absolute Gasteiger partial charge is 0.462 e. The average Bonchev–Trinajstić information content (AvgIpc) is 2.39. The predicted molar refractivity (Wildman–Crippen MR) is 69.1 cm³/mol. The molecular weight excluding hydrogens is 251 g/mol. The highest BCUT2D eigenvalue weighted by atomic mass is 19.1. The smallest absolute Gasteiger partial charge is 0.338 e. The van der Waals surface area contributed by atoms with Crippen LogP contribution in [0.25, 0.3) is 0 Å². The normalized spacial score (nSPS) is 10.1. The maximum absolute atomic E-state index is 13.4. The third-order valence-electron chi connectivity index (χ3n) is 2.68. The summed E-state index contributed by atoms with van der Waals surface area (Å²) in [5, 5.41) is 2.46. The van der Waals surface area contributed by atoms with E-state index >= 15 is 0 Å². The Kier molecular flexibility index (Phi) is 5.29. The Labute approximate surface area is 110 Å². The van der Waals surface area contributed by atoms with Crippen molar-refractivity contribution in [3.63, 3.8) is 0 Å². The molecular formula is C13H17FN2O3. The SMILES string of the molecule is CNC(=O)CCCOC(=O)c1cc(N)c(C)c(F)c1. The fourth-order valence-electron chi connectivity index (χ4n) is 1.42. The van der Waals surface area contributed by atoms with Gasteiger partial charge in [0.25, 0.3) is 0 Å². The van der Waals surface area contributed by atoms with Gasteiger partial charge in [-0.15, -0.1) is 0 Å². The number of halogens is 1. The number of amides is 1. The molecule has 1 rings (SSSR count). The van der Waals surface area contributed by atoms with Gasteiger partial charge in [-0.25, -0.2) is 9.18 Å². The fraction of sp³-hybridized carbons (Fsp3) is 0.385. The first kappa shape index (κ1) is 14.9. The Bertz CT molecular complexity index is 466. The van der Waals surface area contributed by atoms with Gasteiger partial charge in [-0.1, -0.05) is 0 Å². The number of anilines is 1. The van der Waals surface area contributed by atoms with Crippen LogP contribution in [-0.2, 0) is 9.53 Å². The number of rotatable bonds is 5. The molecule has 0 fully saturated rings. The monoisotopic (exact) mass is 268 g/mol. The van der Waals surface area contributed by atoms with Crippen LogP contribution < -0.4 is 11.1 Å². The third kappa shape index (κ3) is 4.24. The average molecular weight is 268 g/mol. The number of nitrogens with one attached hydrogen (secondary N) is 1. The van der Waals surface area contributed by atoms with Gasteiger partial charge < -0.3 is 15.8 Å². The van der Waals surface area contributed by atoms with Crippen molar-refractivity contribution in [2.75, 3.05) is 19.4 Å². The zero-order valence-electron chi connectivity index (χ0n) is 11.0. The lowest BCUT2D eigenvalue weighted by atomic mass is 10.1. The van der Waals surface area contributed by atoms with Gasteiger partial charge in [0.1, 0.15) is 5.82 Å². The minimum Gasteiger partial charge on any atom is -0.462 e. The molecule has 6 heteroatoms. The highest BCUT2D eigenvalue weighted by Gasteiger charge is 2.12. The van der Waals surface area contributed by atoms with E-state index in [0.29, 0.717) is 12.0 Å². The first-order chi connectivity index (χ1) is 8.95. The molecule has 0 radical (unpaired) electrons. The van der Waals surface area contributed by atoms with Crippen molar-refractivity contribution in [1.29, 1.82) is 0 Å². The minimum atomic E-state index is -0.650. The van der Waals surface area contributed by atoms with Crippen LogP contribution in [0, 0.1) is 12.7 Å². The summed E-state index contributed by atoms with van der Waals surface area (Å²) >= 11 is 0. The number of nitrogens with two attached hydrogens (primary N) is 1. The van der Waals surface area contributed by atoms with Crippen LogP contribution in [0.2, 0.25) is 0 Å². The van der Waals surface area contributed by atoms with E-state index in [0.717, 1.165) is 6.07 Å². The Balaban J connectivity index is 2.52. The summed E-state index contributed by atoms with van der Waals surface area (Å²) in [4.78, 5) is 22.6. The zero-order valence-corrected chi connectivity index (χ0v) is 11.0. The predicted octanol–water partition coefficient (Wildman–Crippen LogP) is 1.40. The van der Waals surface area contributed by atoms with Crippen molar-refractivity contribution in [1.82, 2.24) is 5.32 Å². The van der Waals surface area contributed by atoms with E-state index in [1.165, 1.54) is 20.0 Å². The number of hydrogen-bond donors (Lipinski definition) is 2. The summed E-state index contributed by atoms with van der Waals surface area (Å²) in [5.41, 5.74) is 6.15. The highest BCUT2D eigenvalue weighted by Crippen LogP contribution is 2.18. The lowest BCUT2D eigenvalue weighted by Crippen LogP contribution is -2.18. The summed E-state index contributed by atoms with van der Waals surface area (Å²) < 4.78 is 18.3. The summed E-state index contributed by atoms with van der Waals surface area (Å²) in [7, 11) is 1.53.